The van der Waals surface area contributed by atoms with E-state index in [-0.39, 0.29) is 0 Å². The Kier molecular flexibility index (Phi) is 5.03. The molecular formula is C12H27N3. The van der Waals surface area contributed by atoms with Crippen LogP contribution in [0.3, 0.4) is 0 Å². The summed E-state index contributed by atoms with van der Waals surface area (Å²) in [5, 5.41) is 3.73. The lowest BCUT2D eigenvalue weighted by Crippen LogP contribution is -2.39. The van der Waals surface area contributed by atoms with E-state index in [1.165, 1.54) is 25.9 Å². The van der Waals surface area contributed by atoms with Gasteiger partial charge in [0.05, 0.1) is 0 Å². The molecule has 1 saturated heterocycles. The first-order chi connectivity index (χ1) is 6.99. The Labute approximate surface area is 94.8 Å². The standard InChI is InChI=1S/C12H27N3/c1-10(6-7-14(3)4)13-12-8-11(2)15(5)9-12/h10-13H,6-9H2,1-5H3. The second-order valence-electron chi connectivity index (χ2n) is 5.38. The monoisotopic (exact) mass is 213 g/mol. The van der Waals surface area contributed by atoms with Gasteiger partial charge in [0.15, 0.2) is 0 Å². The first-order valence-corrected chi connectivity index (χ1v) is 6.10. The zero-order valence-electron chi connectivity index (χ0n) is 11.0. The molecule has 1 aliphatic heterocycles. The zero-order chi connectivity index (χ0) is 11.4. The first kappa shape index (κ1) is 12.9. The van der Waals surface area contributed by atoms with Crippen LogP contribution >= 0.6 is 0 Å². The minimum Gasteiger partial charge on any atom is -0.310 e. The number of nitrogens with one attached hydrogen (secondary N) is 1. The molecule has 1 fully saturated rings. The van der Waals surface area contributed by atoms with E-state index in [1.54, 1.807) is 0 Å². The van der Waals surface area contributed by atoms with Gasteiger partial charge in [0.25, 0.3) is 0 Å². The van der Waals surface area contributed by atoms with Crippen molar-refractivity contribution in [3.63, 3.8) is 0 Å². The first-order valence-electron chi connectivity index (χ1n) is 6.10. The quantitative estimate of drug-likeness (QED) is 0.735. The highest BCUT2D eigenvalue weighted by Gasteiger charge is 2.26. The largest absolute Gasteiger partial charge is 0.310 e. The molecule has 1 aliphatic rings. The lowest BCUT2D eigenvalue weighted by atomic mass is 10.1. The predicted molar refractivity (Wildman–Crippen MR) is 66.3 cm³/mol. The molecule has 0 aromatic heterocycles. The Morgan fingerprint density at radius 1 is 1.47 bits per heavy atom. The van der Waals surface area contributed by atoms with Gasteiger partial charge in [0.1, 0.15) is 0 Å². The maximum atomic E-state index is 3.73. The summed E-state index contributed by atoms with van der Waals surface area (Å²) in [6.45, 7) is 6.98. The Hall–Kier alpha value is -0.120. The van der Waals surface area contributed by atoms with Crippen molar-refractivity contribution in [2.45, 2.75) is 44.8 Å². The molecular weight excluding hydrogens is 186 g/mol. The van der Waals surface area contributed by atoms with Gasteiger partial charge in [0, 0.05) is 24.7 Å². The molecule has 15 heavy (non-hydrogen) atoms. The van der Waals surface area contributed by atoms with Crippen LogP contribution in [0, 0.1) is 0 Å². The van der Waals surface area contributed by atoms with Crippen molar-refractivity contribution in [2.24, 2.45) is 0 Å². The summed E-state index contributed by atoms with van der Waals surface area (Å²) in [4.78, 5) is 4.69. The van der Waals surface area contributed by atoms with E-state index in [9.17, 15) is 0 Å². The maximum Gasteiger partial charge on any atom is 0.0212 e. The van der Waals surface area contributed by atoms with Gasteiger partial charge in [-0.3, -0.25) is 0 Å². The third kappa shape index (κ3) is 4.49. The summed E-state index contributed by atoms with van der Waals surface area (Å²) in [6, 6.07) is 2.07. The fourth-order valence-electron chi connectivity index (χ4n) is 2.25. The van der Waals surface area contributed by atoms with Crippen molar-refractivity contribution in [1.29, 1.82) is 0 Å². The molecule has 0 saturated carbocycles. The number of hydrogen-bond acceptors (Lipinski definition) is 3. The van der Waals surface area contributed by atoms with Gasteiger partial charge in [-0.25, -0.2) is 0 Å². The van der Waals surface area contributed by atoms with Crippen LogP contribution in [0.4, 0.5) is 0 Å². The molecule has 0 aliphatic carbocycles. The minimum absolute atomic E-state index is 0.635. The van der Waals surface area contributed by atoms with Crippen LogP contribution < -0.4 is 5.32 Å². The van der Waals surface area contributed by atoms with Crippen LogP contribution in [-0.2, 0) is 0 Å². The molecule has 1 heterocycles. The van der Waals surface area contributed by atoms with Crippen molar-refractivity contribution in [3.8, 4) is 0 Å². The number of likely N-dealkylation sites (N-methyl/N-ethyl adjacent to an activating group) is 1. The molecule has 0 aromatic carbocycles. The molecule has 3 nitrogen and oxygen atoms in total. The maximum absolute atomic E-state index is 3.73. The average molecular weight is 213 g/mol. The average Bonchev–Trinajstić information content (AvgIpc) is 2.42. The van der Waals surface area contributed by atoms with Gasteiger partial charge in [-0.05, 0) is 54.4 Å². The van der Waals surface area contributed by atoms with Crippen LogP contribution in [0.5, 0.6) is 0 Å². The summed E-state index contributed by atoms with van der Waals surface area (Å²) in [7, 11) is 6.49. The van der Waals surface area contributed by atoms with Crippen LogP contribution in [0.1, 0.15) is 26.7 Å². The molecule has 3 atom stereocenters. The van der Waals surface area contributed by atoms with E-state index in [0.717, 1.165) is 6.04 Å². The van der Waals surface area contributed by atoms with Gasteiger partial charge in [-0.2, -0.15) is 0 Å². The Morgan fingerprint density at radius 2 is 2.13 bits per heavy atom. The van der Waals surface area contributed by atoms with Crippen LogP contribution in [0.25, 0.3) is 0 Å². The van der Waals surface area contributed by atoms with Crippen LogP contribution in [-0.4, -0.2) is 62.2 Å². The SMILES string of the molecule is CC(CCN(C)C)NC1CC(C)N(C)C1. The van der Waals surface area contributed by atoms with E-state index >= 15 is 0 Å². The smallest absolute Gasteiger partial charge is 0.0212 e. The highest BCUT2D eigenvalue weighted by atomic mass is 15.2. The molecule has 90 valence electrons. The van der Waals surface area contributed by atoms with Crippen molar-refractivity contribution < 1.29 is 0 Å². The van der Waals surface area contributed by atoms with E-state index in [0.29, 0.717) is 12.1 Å². The lowest BCUT2D eigenvalue weighted by molar-refractivity contribution is 0.320. The third-order valence-corrected chi connectivity index (χ3v) is 3.42. The van der Waals surface area contributed by atoms with Crippen LogP contribution in [0.2, 0.25) is 0 Å². The van der Waals surface area contributed by atoms with Gasteiger partial charge < -0.3 is 15.1 Å². The number of rotatable bonds is 5. The summed E-state index contributed by atoms with van der Waals surface area (Å²) >= 11 is 0. The van der Waals surface area contributed by atoms with Crippen molar-refractivity contribution in [1.82, 2.24) is 15.1 Å². The molecule has 0 bridgehead atoms. The van der Waals surface area contributed by atoms with Crippen molar-refractivity contribution in [2.75, 3.05) is 34.2 Å². The topological polar surface area (TPSA) is 18.5 Å². The predicted octanol–water partition coefficient (Wildman–Crippen LogP) is 1.01. The molecule has 0 aromatic rings. The number of hydrogen-bond donors (Lipinski definition) is 1. The molecule has 1 N–H and O–H groups in total. The Bertz CT molecular complexity index is 172. The minimum atomic E-state index is 0.635. The van der Waals surface area contributed by atoms with Crippen LogP contribution in [0.15, 0.2) is 0 Å². The van der Waals surface area contributed by atoms with Gasteiger partial charge >= 0.3 is 0 Å². The Morgan fingerprint density at radius 3 is 2.60 bits per heavy atom. The molecule has 0 spiro atoms. The van der Waals surface area contributed by atoms with E-state index < -0.39 is 0 Å². The van der Waals surface area contributed by atoms with Crippen molar-refractivity contribution in [3.05, 3.63) is 0 Å². The molecule has 3 unspecified atom stereocenters. The van der Waals surface area contributed by atoms with E-state index in [1.807, 2.05) is 0 Å². The second-order valence-corrected chi connectivity index (χ2v) is 5.38. The van der Waals surface area contributed by atoms with E-state index in [4.69, 9.17) is 0 Å². The molecule has 3 heteroatoms. The molecule has 0 amide bonds. The summed E-state index contributed by atoms with van der Waals surface area (Å²) in [5.41, 5.74) is 0. The zero-order valence-corrected chi connectivity index (χ0v) is 11.0. The number of likely N-dealkylation sites (tertiary alicyclic amines) is 1. The fraction of sp³-hybridized carbons (Fsp3) is 1.00. The second kappa shape index (κ2) is 5.83. The van der Waals surface area contributed by atoms with Gasteiger partial charge in [0.2, 0.25) is 0 Å². The summed E-state index contributed by atoms with van der Waals surface area (Å²) in [5.74, 6) is 0. The summed E-state index contributed by atoms with van der Waals surface area (Å²) < 4.78 is 0. The van der Waals surface area contributed by atoms with Gasteiger partial charge in [-0.15, -0.1) is 0 Å². The molecule has 0 radical (unpaired) electrons. The number of nitrogens with zero attached hydrogens (tertiary/aromatic N) is 2. The molecule has 1 rings (SSSR count). The van der Waals surface area contributed by atoms with Crippen molar-refractivity contribution >= 4 is 0 Å². The highest BCUT2D eigenvalue weighted by molar-refractivity contribution is 4.86. The fourth-order valence-corrected chi connectivity index (χ4v) is 2.25. The van der Waals surface area contributed by atoms with E-state index in [2.05, 4.69) is 50.1 Å². The Balaban J connectivity index is 2.18. The van der Waals surface area contributed by atoms with Gasteiger partial charge in [-0.1, -0.05) is 0 Å². The normalized spacial score (nSPS) is 30.0. The summed E-state index contributed by atoms with van der Waals surface area (Å²) in [6.07, 6.45) is 2.53. The highest BCUT2D eigenvalue weighted by Crippen LogP contribution is 2.15. The lowest BCUT2D eigenvalue weighted by Gasteiger charge is -2.20. The third-order valence-electron chi connectivity index (χ3n) is 3.42.